The molecule has 2 aromatic rings. The number of hydrogen-bond acceptors (Lipinski definition) is 7. The molecule has 130 valence electrons. The molecule has 0 unspecified atom stereocenters. The quantitative estimate of drug-likeness (QED) is 0.364. The van der Waals surface area contributed by atoms with Gasteiger partial charge in [0.25, 0.3) is 5.69 Å². The number of hydrogen-bond donors (Lipinski definition) is 0. The molecule has 0 aliphatic carbocycles. The second-order valence-electron chi connectivity index (χ2n) is 5.73. The van der Waals surface area contributed by atoms with Crippen molar-refractivity contribution in [2.45, 2.75) is 6.92 Å². The Morgan fingerprint density at radius 3 is 2.69 bits per heavy atom. The van der Waals surface area contributed by atoms with Crippen molar-refractivity contribution in [2.24, 2.45) is 4.99 Å². The number of cyclic esters (lactones) is 1. The molecule has 8 heteroatoms. The zero-order valence-electron chi connectivity index (χ0n) is 13.6. The van der Waals surface area contributed by atoms with Gasteiger partial charge in [0.15, 0.2) is 17.2 Å². The summed E-state index contributed by atoms with van der Waals surface area (Å²) in [4.78, 5) is 27.1. The molecule has 0 saturated heterocycles. The lowest BCUT2D eigenvalue weighted by atomic mass is 10.1. The van der Waals surface area contributed by atoms with Crippen molar-refractivity contribution in [1.29, 1.82) is 0 Å². The maximum Gasteiger partial charge on any atom is 0.363 e. The summed E-state index contributed by atoms with van der Waals surface area (Å²) in [7, 11) is 0. The first-order valence-electron chi connectivity index (χ1n) is 7.69. The van der Waals surface area contributed by atoms with Crippen LogP contribution in [0.4, 0.5) is 5.69 Å². The van der Waals surface area contributed by atoms with Gasteiger partial charge in [-0.15, -0.1) is 0 Å². The topological polar surface area (TPSA) is 100 Å². The van der Waals surface area contributed by atoms with Crippen LogP contribution >= 0.6 is 0 Å². The smallest absolute Gasteiger partial charge is 0.363 e. The van der Waals surface area contributed by atoms with Crippen LogP contribution in [0, 0.1) is 17.0 Å². The summed E-state index contributed by atoms with van der Waals surface area (Å²) in [6.07, 6.45) is 1.31. The average molecular weight is 352 g/mol. The van der Waals surface area contributed by atoms with Crippen LogP contribution in [0.5, 0.6) is 11.5 Å². The molecular weight excluding hydrogens is 340 g/mol. The molecule has 0 atom stereocenters. The van der Waals surface area contributed by atoms with Crippen LogP contribution in [0.25, 0.3) is 6.08 Å². The predicted octanol–water partition coefficient (Wildman–Crippen LogP) is 2.98. The van der Waals surface area contributed by atoms with Gasteiger partial charge in [-0.05, 0) is 31.2 Å². The van der Waals surface area contributed by atoms with Crippen molar-refractivity contribution in [3.8, 4) is 11.5 Å². The summed E-state index contributed by atoms with van der Waals surface area (Å²) in [5.41, 5.74) is 1.59. The van der Waals surface area contributed by atoms with Gasteiger partial charge in [0.1, 0.15) is 0 Å². The molecule has 26 heavy (non-hydrogen) atoms. The van der Waals surface area contributed by atoms with Crippen molar-refractivity contribution in [3.63, 3.8) is 0 Å². The number of benzene rings is 2. The van der Waals surface area contributed by atoms with E-state index in [2.05, 4.69) is 4.99 Å². The lowest BCUT2D eigenvalue weighted by Crippen LogP contribution is -2.05. The molecule has 2 aromatic carbocycles. The number of nitrogens with zero attached hydrogens (tertiary/aromatic N) is 2. The maximum atomic E-state index is 12.1. The van der Waals surface area contributed by atoms with Crippen molar-refractivity contribution >= 4 is 23.6 Å². The number of rotatable bonds is 3. The lowest BCUT2D eigenvalue weighted by Gasteiger charge is -2.01. The van der Waals surface area contributed by atoms with Gasteiger partial charge in [-0.25, -0.2) is 9.79 Å². The van der Waals surface area contributed by atoms with E-state index in [1.165, 1.54) is 18.2 Å². The van der Waals surface area contributed by atoms with E-state index in [4.69, 9.17) is 14.2 Å². The van der Waals surface area contributed by atoms with E-state index in [1.807, 2.05) is 25.1 Å². The van der Waals surface area contributed by atoms with Crippen LogP contribution in [0.15, 0.2) is 47.1 Å². The molecule has 0 amide bonds. The van der Waals surface area contributed by atoms with E-state index in [0.29, 0.717) is 11.3 Å². The highest BCUT2D eigenvalue weighted by Gasteiger charge is 2.27. The minimum atomic E-state index is -0.673. The number of aliphatic imine (C=N–C) groups is 1. The molecule has 0 aromatic heterocycles. The summed E-state index contributed by atoms with van der Waals surface area (Å²) in [5.74, 6) is 0.148. The van der Waals surface area contributed by atoms with Crippen LogP contribution in [0.3, 0.4) is 0 Å². The first-order chi connectivity index (χ1) is 12.5. The number of esters is 1. The maximum absolute atomic E-state index is 12.1. The number of nitro benzene ring substituents is 1. The molecule has 2 aliphatic heterocycles. The highest BCUT2D eigenvalue weighted by Crippen LogP contribution is 2.39. The summed E-state index contributed by atoms with van der Waals surface area (Å²) >= 11 is 0. The number of carbonyl (C=O) groups is 1. The van der Waals surface area contributed by atoms with E-state index < -0.39 is 10.9 Å². The molecule has 8 nitrogen and oxygen atoms in total. The summed E-state index contributed by atoms with van der Waals surface area (Å²) in [6.45, 7) is 1.90. The largest absolute Gasteiger partial charge is 0.454 e. The Morgan fingerprint density at radius 2 is 1.96 bits per heavy atom. The van der Waals surface area contributed by atoms with Crippen molar-refractivity contribution in [1.82, 2.24) is 0 Å². The predicted molar refractivity (Wildman–Crippen MR) is 91.0 cm³/mol. The van der Waals surface area contributed by atoms with Gasteiger partial charge >= 0.3 is 5.97 Å². The molecule has 0 N–H and O–H groups in total. The minimum Gasteiger partial charge on any atom is -0.454 e. The lowest BCUT2D eigenvalue weighted by molar-refractivity contribution is -0.385. The van der Waals surface area contributed by atoms with Gasteiger partial charge in [0.05, 0.1) is 16.6 Å². The highest BCUT2D eigenvalue weighted by atomic mass is 16.7. The zero-order chi connectivity index (χ0) is 18.3. The van der Waals surface area contributed by atoms with Crippen LogP contribution in [0.1, 0.15) is 16.7 Å². The van der Waals surface area contributed by atoms with E-state index in [1.54, 1.807) is 6.07 Å². The Kier molecular flexibility index (Phi) is 3.65. The van der Waals surface area contributed by atoms with E-state index in [0.717, 1.165) is 5.56 Å². The van der Waals surface area contributed by atoms with Gasteiger partial charge in [0.2, 0.25) is 12.7 Å². The minimum absolute atomic E-state index is 0.00971. The summed E-state index contributed by atoms with van der Waals surface area (Å²) in [5, 5.41) is 11.3. The van der Waals surface area contributed by atoms with Gasteiger partial charge < -0.3 is 14.2 Å². The third-order valence-corrected chi connectivity index (χ3v) is 3.90. The van der Waals surface area contributed by atoms with Crippen molar-refractivity contribution < 1.29 is 23.9 Å². The number of nitro groups is 1. The Hall–Kier alpha value is -3.68. The van der Waals surface area contributed by atoms with Gasteiger partial charge in [-0.3, -0.25) is 10.1 Å². The molecular formula is C18H12N2O6. The molecule has 2 aliphatic rings. The molecule has 2 heterocycles. The Bertz CT molecular complexity index is 1010. The number of aryl methyl sites for hydroxylation is 1. The second-order valence-corrected chi connectivity index (χ2v) is 5.73. The fourth-order valence-corrected chi connectivity index (χ4v) is 2.68. The number of ether oxygens (including phenoxy) is 3. The first kappa shape index (κ1) is 15.8. The van der Waals surface area contributed by atoms with Crippen molar-refractivity contribution in [3.05, 3.63) is 68.9 Å². The number of carbonyl (C=O) groups excluding carboxylic acids is 1. The van der Waals surface area contributed by atoms with E-state index in [-0.39, 0.29) is 35.4 Å². The second kappa shape index (κ2) is 5.99. The van der Waals surface area contributed by atoms with Gasteiger partial charge in [-0.2, -0.15) is 0 Å². The standard InChI is InChI=1S/C18H12N2O6/c1-10-3-2-4-11(5-10)17-19-13(18(21)26-17)6-12-7-15-16(25-9-24-15)8-14(12)20(22)23/h2-8H,9H2,1H3. The number of fused-ring (bicyclic) bond motifs is 1. The first-order valence-corrected chi connectivity index (χ1v) is 7.69. The molecule has 0 saturated carbocycles. The van der Waals surface area contributed by atoms with Crippen LogP contribution in [0.2, 0.25) is 0 Å². The van der Waals surface area contributed by atoms with E-state index in [9.17, 15) is 14.9 Å². The van der Waals surface area contributed by atoms with Crippen molar-refractivity contribution in [2.75, 3.05) is 6.79 Å². The molecule has 0 radical (unpaired) electrons. The van der Waals surface area contributed by atoms with Crippen LogP contribution < -0.4 is 9.47 Å². The molecule has 4 rings (SSSR count). The summed E-state index contributed by atoms with van der Waals surface area (Å²) < 4.78 is 15.6. The van der Waals surface area contributed by atoms with Gasteiger partial charge in [-0.1, -0.05) is 17.7 Å². The normalized spacial score (nSPS) is 16.6. The third kappa shape index (κ3) is 2.77. The molecule has 0 bridgehead atoms. The fraction of sp³-hybridized carbons (Fsp3) is 0.111. The van der Waals surface area contributed by atoms with Crippen LogP contribution in [-0.4, -0.2) is 23.6 Å². The van der Waals surface area contributed by atoms with Gasteiger partial charge in [0, 0.05) is 5.56 Å². The van der Waals surface area contributed by atoms with E-state index >= 15 is 0 Å². The Morgan fingerprint density at radius 1 is 1.19 bits per heavy atom. The third-order valence-electron chi connectivity index (χ3n) is 3.90. The average Bonchev–Trinajstić information content (AvgIpc) is 3.20. The molecule has 0 spiro atoms. The fourth-order valence-electron chi connectivity index (χ4n) is 2.68. The Balaban J connectivity index is 1.76. The highest BCUT2D eigenvalue weighted by molar-refractivity contribution is 6.13. The summed E-state index contributed by atoms with van der Waals surface area (Å²) in [6, 6.07) is 10.0. The molecule has 0 fully saturated rings. The zero-order valence-corrected chi connectivity index (χ0v) is 13.6. The monoisotopic (exact) mass is 352 g/mol. The Labute approximate surface area is 147 Å². The SMILES string of the molecule is Cc1cccc(C2=NC(=Cc3cc4c(cc3[N+](=O)[O-])OCO4)C(=O)O2)c1. The van der Waals surface area contributed by atoms with Crippen LogP contribution in [-0.2, 0) is 9.53 Å².